The second kappa shape index (κ2) is 4.03. The van der Waals surface area contributed by atoms with Crippen LogP contribution in [0.4, 0.5) is 0 Å². The standard InChI is InChI=1S/C12H15NO2/c1-9-7-11(14)13(8-9)12(15)10-5-3-2-4-6-10/h2-6,9,11,14H,7-8H2,1H3. The zero-order valence-electron chi connectivity index (χ0n) is 8.76. The van der Waals surface area contributed by atoms with Crippen LogP contribution in [0.2, 0.25) is 0 Å². The summed E-state index contributed by atoms with van der Waals surface area (Å²) in [4.78, 5) is 13.5. The molecule has 0 bridgehead atoms. The van der Waals surface area contributed by atoms with Crippen molar-refractivity contribution in [2.45, 2.75) is 19.6 Å². The normalized spacial score (nSPS) is 25.6. The van der Waals surface area contributed by atoms with Crippen LogP contribution in [0.25, 0.3) is 0 Å². The second-order valence-corrected chi connectivity index (χ2v) is 4.15. The van der Waals surface area contributed by atoms with Gasteiger partial charge in [-0.3, -0.25) is 4.79 Å². The molecule has 80 valence electrons. The lowest BCUT2D eigenvalue weighted by Crippen LogP contribution is -2.35. The van der Waals surface area contributed by atoms with Gasteiger partial charge in [0.05, 0.1) is 0 Å². The van der Waals surface area contributed by atoms with Crippen LogP contribution in [-0.4, -0.2) is 28.7 Å². The van der Waals surface area contributed by atoms with Crippen molar-refractivity contribution in [1.82, 2.24) is 4.90 Å². The summed E-state index contributed by atoms with van der Waals surface area (Å²) in [6.45, 7) is 2.69. The zero-order chi connectivity index (χ0) is 10.8. The molecule has 0 aliphatic carbocycles. The molecule has 0 spiro atoms. The molecule has 3 heteroatoms. The summed E-state index contributed by atoms with van der Waals surface area (Å²) in [6.07, 6.45) is 0.0613. The van der Waals surface area contributed by atoms with Crippen molar-refractivity contribution in [1.29, 1.82) is 0 Å². The molecule has 1 aliphatic rings. The molecule has 15 heavy (non-hydrogen) atoms. The van der Waals surface area contributed by atoms with Crippen molar-refractivity contribution in [3.8, 4) is 0 Å². The minimum atomic E-state index is -0.618. The first kappa shape index (κ1) is 10.2. The lowest BCUT2D eigenvalue weighted by atomic mass is 10.1. The number of amides is 1. The van der Waals surface area contributed by atoms with Crippen LogP contribution in [0.1, 0.15) is 23.7 Å². The van der Waals surface area contributed by atoms with Crippen LogP contribution in [0.3, 0.4) is 0 Å². The van der Waals surface area contributed by atoms with Crippen molar-refractivity contribution in [2.75, 3.05) is 6.54 Å². The van der Waals surface area contributed by atoms with Crippen LogP contribution in [0.5, 0.6) is 0 Å². The van der Waals surface area contributed by atoms with E-state index < -0.39 is 6.23 Å². The molecule has 1 N–H and O–H groups in total. The Morgan fingerprint density at radius 3 is 2.60 bits per heavy atom. The van der Waals surface area contributed by atoms with E-state index in [4.69, 9.17) is 0 Å². The van der Waals surface area contributed by atoms with Gasteiger partial charge >= 0.3 is 0 Å². The smallest absolute Gasteiger partial charge is 0.255 e. The molecule has 1 aromatic rings. The summed E-state index contributed by atoms with van der Waals surface area (Å²) in [5, 5.41) is 9.70. The molecule has 1 aromatic carbocycles. The van der Waals surface area contributed by atoms with E-state index in [0.717, 1.165) is 0 Å². The number of hydrogen-bond donors (Lipinski definition) is 1. The zero-order valence-corrected chi connectivity index (χ0v) is 8.76. The number of rotatable bonds is 1. The molecule has 2 atom stereocenters. The SMILES string of the molecule is CC1CC(O)N(C(=O)c2ccccc2)C1. The Morgan fingerprint density at radius 1 is 1.40 bits per heavy atom. The molecule has 1 heterocycles. The summed E-state index contributed by atoms with van der Waals surface area (Å²) in [5.41, 5.74) is 0.644. The van der Waals surface area contributed by atoms with Crippen LogP contribution < -0.4 is 0 Å². The van der Waals surface area contributed by atoms with Gasteiger partial charge < -0.3 is 10.0 Å². The fourth-order valence-electron chi connectivity index (χ4n) is 1.98. The summed E-state index contributed by atoms with van der Waals surface area (Å²) >= 11 is 0. The Bertz CT molecular complexity index is 350. The van der Waals surface area contributed by atoms with Gasteiger partial charge in [-0.1, -0.05) is 25.1 Å². The van der Waals surface area contributed by atoms with Crippen molar-refractivity contribution >= 4 is 5.91 Å². The minimum absolute atomic E-state index is 0.0764. The third-order valence-electron chi connectivity index (χ3n) is 2.76. The van der Waals surface area contributed by atoms with E-state index in [1.54, 1.807) is 17.0 Å². The summed E-state index contributed by atoms with van der Waals surface area (Å²) in [5.74, 6) is 0.306. The van der Waals surface area contributed by atoms with E-state index in [2.05, 4.69) is 0 Å². The average Bonchev–Trinajstić information content (AvgIpc) is 2.58. The fraction of sp³-hybridized carbons (Fsp3) is 0.417. The predicted molar refractivity (Wildman–Crippen MR) is 57.3 cm³/mol. The molecule has 1 saturated heterocycles. The highest BCUT2D eigenvalue weighted by molar-refractivity contribution is 5.94. The molecule has 2 rings (SSSR count). The maximum atomic E-state index is 12.0. The van der Waals surface area contributed by atoms with E-state index in [9.17, 15) is 9.90 Å². The number of benzene rings is 1. The highest BCUT2D eigenvalue weighted by Gasteiger charge is 2.31. The molecule has 3 nitrogen and oxygen atoms in total. The second-order valence-electron chi connectivity index (χ2n) is 4.15. The quantitative estimate of drug-likeness (QED) is 0.754. The Morgan fingerprint density at radius 2 is 2.07 bits per heavy atom. The molecule has 1 aliphatic heterocycles. The van der Waals surface area contributed by atoms with Crippen LogP contribution in [0.15, 0.2) is 30.3 Å². The van der Waals surface area contributed by atoms with Crippen LogP contribution >= 0.6 is 0 Å². The third kappa shape index (κ3) is 2.02. The first-order valence-corrected chi connectivity index (χ1v) is 5.22. The molecule has 0 saturated carbocycles. The number of carbonyl (C=O) groups is 1. The summed E-state index contributed by atoms with van der Waals surface area (Å²) in [6, 6.07) is 9.09. The Balaban J connectivity index is 2.15. The van der Waals surface area contributed by atoms with Gasteiger partial charge in [0.2, 0.25) is 0 Å². The van der Waals surface area contributed by atoms with Gasteiger partial charge in [0, 0.05) is 12.1 Å². The van der Waals surface area contributed by atoms with Gasteiger partial charge in [0.15, 0.2) is 0 Å². The summed E-state index contributed by atoms with van der Waals surface area (Å²) in [7, 11) is 0. The number of nitrogens with zero attached hydrogens (tertiary/aromatic N) is 1. The number of aliphatic hydroxyl groups is 1. The van der Waals surface area contributed by atoms with E-state index in [0.29, 0.717) is 24.4 Å². The third-order valence-corrected chi connectivity index (χ3v) is 2.76. The van der Waals surface area contributed by atoms with Crippen molar-refractivity contribution in [2.24, 2.45) is 5.92 Å². The molecular weight excluding hydrogens is 190 g/mol. The van der Waals surface area contributed by atoms with Crippen LogP contribution in [-0.2, 0) is 0 Å². The lowest BCUT2D eigenvalue weighted by molar-refractivity contribution is 0.0293. The molecule has 2 unspecified atom stereocenters. The Labute approximate surface area is 89.3 Å². The van der Waals surface area contributed by atoms with E-state index in [1.807, 2.05) is 25.1 Å². The molecular formula is C12H15NO2. The predicted octanol–water partition coefficient (Wildman–Crippen LogP) is 1.49. The van der Waals surface area contributed by atoms with Crippen LogP contribution in [0, 0.1) is 5.92 Å². The Hall–Kier alpha value is -1.35. The molecule has 1 fully saturated rings. The number of hydrogen-bond acceptors (Lipinski definition) is 2. The van der Waals surface area contributed by atoms with Gasteiger partial charge in [-0.2, -0.15) is 0 Å². The maximum Gasteiger partial charge on any atom is 0.255 e. The molecule has 0 aromatic heterocycles. The van der Waals surface area contributed by atoms with Gasteiger partial charge in [0.1, 0.15) is 6.23 Å². The first-order chi connectivity index (χ1) is 7.18. The topological polar surface area (TPSA) is 40.5 Å². The van der Waals surface area contributed by atoms with E-state index in [-0.39, 0.29) is 5.91 Å². The number of carbonyl (C=O) groups excluding carboxylic acids is 1. The number of likely N-dealkylation sites (tertiary alicyclic amines) is 1. The van der Waals surface area contributed by atoms with Crippen molar-refractivity contribution in [3.05, 3.63) is 35.9 Å². The van der Waals surface area contributed by atoms with Crippen molar-refractivity contribution in [3.63, 3.8) is 0 Å². The number of aliphatic hydroxyl groups excluding tert-OH is 1. The first-order valence-electron chi connectivity index (χ1n) is 5.22. The van der Waals surface area contributed by atoms with Gasteiger partial charge in [0.25, 0.3) is 5.91 Å². The lowest BCUT2D eigenvalue weighted by Gasteiger charge is -2.20. The van der Waals surface area contributed by atoms with Gasteiger partial charge in [-0.15, -0.1) is 0 Å². The van der Waals surface area contributed by atoms with E-state index in [1.165, 1.54) is 0 Å². The minimum Gasteiger partial charge on any atom is -0.374 e. The maximum absolute atomic E-state index is 12.0. The van der Waals surface area contributed by atoms with Crippen molar-refractivity contribution < 1.29 is 9.90 Å². The monoisotopic (exact) mass is 205 g/mol. The van der Waals surface area contributed by atoms with E-state index >= 15 is 0 Å². The largest absolute Gasteiger partial charge is 0.374 e. The highest BCUT2D eigenvalue weighted by Crippen LogP contribution is 2.22. The average molecular weight is 205 g/mol. The molecule has 1 amide bonds. The molecule has 0 radical (unpaired) electrons. The van der Waals surface area contributed by atoms with Gasteiger partial charge in [-0.05, 0) is 24.5 Å². The summed E-state index contributed by atoms with van der Waals surface area (Å²) < 4.78 is 0. The highest BCUT2D eigenvalue weighted by atomic mass is 16.3. The van der Waals surface area contributed by atoms with Gasteiger partial charge in [-0.25, -0.2) is 0 Å². The fourth-order valence-corrected chi connectivity index (χ4v) is 1.98. The Kier molecular flexibility index (Phi) is 2.73.